The van der Waals surface area contributed by atoms with Gasteiger partial charge in [-0.2, -0.15) is 4.98 Å². The number of nitrogens with one attached hydrogen (secondary N) is 1. The Bertz CT molecular complexity index is 1150. The highest BCUT2D eigenvalue weighted by Crippen LogP contribution is 2.46. The van der Waals surface area contributed by atoms with Crippen LogP contribution in [0.25, 0.3) is 0 Å². The van der Waals surface area contributed by atoms with Gasteiger partial charge in [0.1, 0.15) is 11.7 Å². The first kappa shape index (κ1) is 25.7. The van der Waals surface area contributed by atoms with Crippen LogP contribution < -0.4 is 19.8 Å². The molecule has 1 spiro atoms. The highest BCUT2D eigenvalue weighted by atomic mass is 16.5. The summed E-state index contributed by atoms with van der Waals surface area (Å²) >= 11 is 0. The number of pyridine rings is 1. The van der Waals surface area contributed by atoms with Crippen LogP contribution in [0.1, 0.15) is 80.5 Å². The maximum absolute atomic E-state index is 14.7. The predicted octanol–water partition coefficient (Wildman–Crippen LogP) is 3.64. The lowest BCUT2D eigenvalue weighted by atomic mass is 9.64. The lowest BCUT2D eigenvalue weighted by Gasteiger charge is -2.47. The Labute approximate surface area is 227 Å². The molecule has 2 aliphatic carbocycles. The van der Waals surface area contributed by atoms with Gasteiger partial charge in [0.25, 0.3) is 0 Å². The Morgan fingerprint density at radius 3 is 2.68 bits per heavy atom. The van der Waals surface area contributed by atoms with Crippen LogP contribution in [-0.4, -0.2) is 50.7 Å². The number of aromatic nitrogens is 1. The molecule has 2 aliphatic heterocycles. The first-order valence-electron chi connectivity index (χ1n) is 15.0. The predicted molar refractivity (Wildman–Crippen MR) is 146 cm³/mol. The van der Waals surface area contributed by atoms with Crippen LogP contribution in [0, 0.1) is 11.8 Å². The number of aryl methyl sites for hydroxylation is 1. The standard InChI is InChI=1S/C32H43N3O3/c1-37-29-13-7-6-11-24(29)23-16-18-35(28(19-23)22-9-4-3-5-10-22)31(36)26-20-33-21-32(26)17-8-12-27-25(32)14-15-30(34-27)38-2/h6-7,11,13-15,22-23,26,28,33H,3-5,8-10,12,16-21H2,1-2H3/p+2/t23-,26+,28+,32+/m1/s1. The van der Waals surface area contributed by atoms with Gasteiger partial charge < -0.3 is 19.7 Å². The molecule has 1 amide bonds. The fourth-order valence-electron chi connectivity index (χ4n) is 8.53. The van der Waals surface area contributed by atoms with Crippen molar-refractivity contribution in [3.05, 3.63) is 53.2 Å². The quantitative estimate of drug-likeness (QED) is 0.656. The molecule has 4 aliphatic rings. The number of para-hydroxylation sites is 1. The SMILES string of the molecule is COc1ccc2c([nH+]1)CCC[C@]21C[NH2+]C[C@H]1C(=O)N1CC[C@@H](c2ccccc2OC)C[C@H]1C1CCCCC1. The van der Waals surface area contributed by atoms with Gasteiger partial charge in [-0.25, -0.2) is 0 Å². The number of hydrogen-bond donors (Lipinski definition) is 1. The number of rotatable bonds is 5. The second-order valence-electron chi connectivity index (χ2n) is 12.2. The van der Waals surface area contributed by atoms with Crippen LogP contribution in [-0.2, 0) is 16.6 Å². The molecule has 3 fully saturated rings. The van der Waals surface area contributed by atoms with Crippen molar-refractivity contribution in [3.8, 4) is 11.6 Å². The second kappa shape index (κ2) is 10.9. The number of likely N-dealkylation sites (tertiary alicyclic amines) is 1. The van der Waals surface area contributed by atoms with E-state index in [1.54, 1.807) is 14.2 Å². The van der Waals surface area contributed by atoms with Crippen LogP contribution in [0.2, 0.25) is 0 Å². The first-order valence-corrected chi connectivity index (χ1v) is 15.0. The highest BCUT2D eigenvalue weighted by Gasteiger charge is 2.56. The van der Waals surface area contributed by atoms with Crippen LogP contribution in [0.3, 0.4) is 0 Å². The number of nitrogens with two attached hydrogens (primary N) is 1. The number of ether oxygens (including phenoxy) is 2. The number of nitrogens with zero attached hydrogens (tertiary/aromatic N) is 1. The molecule has 1 aromatic carbocycles. The summed E-state index contributed by atoms with van der Waals surface area (Å²) in [6.07, 6.45) is 11.8. The van der Waals surface area contributed by atoms with Gasteiger partial charge in [-0.3, -0.25) is 4.79 Å². The molecule has 3 N–H and O–H groups in total. The summed E-state index contributed by atoms with van der Waals surface area (Å²) in [5.41, 5.74) is 3.86. The smallest absolute Gasteiger partial charge is 0.366 e. The number of aromatic amines is 1. The van der Waals surface area contributed by atoms with Gasteiger partial charge >= 0.3 is 5.88 Å². The van der Waals surface area contributed by atoms with Crippen molar-refractivity contribution >= 4 is 5.91 Å². The fraction of sp³-hybridized carbons (Fsp3) is 0.625. The van der Waals surface area contributed by atoms with E-state index in [4.69, 9.17) is 9.47 Å². The monoisotopic (exact) mass is 519 g/mol. The molecule has 6 heteroatoms. The minimum Gasteiger partial charge on any atom is -0.496 e. The normalized spacial score (nSPS) is 29.7. The number of carbonyl (C=O) groups excluding carboxylic acids is 1. The Morgan fingerprint density at radius 1 is 1.03 bits per heavy atom. The molecule has 3 heterocycles. The summed E-state index contributed by atoms with van der Waals surface area (Å²) in [7, 11) is 3.49. The molecule has 204 valence electrons. The molecule has 1 aromatic heterocycles. The largest absolute Gasteiger partial charge is 0.496 e. The van der Waals surface area contributed by atoms with E-state index in [9.17, 15) is 4.79 Å². The van der Waals surface area contributed by atoms with Crippen molar-refractivity contribution in [3.63, 3.8) is 0 Å². The Morgan fingerprint density at radius 2 is 1.87 bits per heavy atom. The van der Waals surface area contributed by atoms with Gasteiger partial charge in [-0.1, -0.05) is 37.5 Å². The topological polar surface area (TPSA) is 69.5 Å². The third-order valence-electron chi connectivity index (χ3n) is 10.4. The number of piperidine rings is 1. The van der Waals surface area contributed by atoms with Crippen molar-refractivity contribution in [2.75, 3.05) is 33.9 Å². The Kier molecular flexibility index (Phi) is 7.35. The third kappa shape index (κ3) is 4.49. The first-order chi connectivity index (χ1) is 18.6. The molecular weight excluding hydrogens is 474 g/mol. The number of methoxy groups -OCH3 is 2. The molecule has 4 atom stereocenters. The number of hydrogen-bond acceptors (Lipinski definition) is 3. The van der Waals surface area contributed by atoms with E-state index in [0.29, 0.717) is 23.8 Å². The van der Waals surface area contributed by atoms with Gasteiger partial charge in [-0.15, -0.1) is 0 Å². The Hall–Kier alpha value is -2.60. The number of fused-ring (bicyclic) bond motifs is 2. The lowest BCUT2D eigenvalue weighted by Crippen LogP contribution is -2.82. The van der Waals surface area contributed by atoms with Crippen molar-refractivity contribution in [2.24, 2.45) is 11.8 Å². The van der Waals surface area contributed by atoms with E-state index in [1.165, 1.54) is 48.9 Å². The zero-order valence-electron chi connectivity index (χ0n) is 23.2. The molecular formula is C32H45N3O3+2. The summed E-state index contributed by atoms with van der Waals surface area (Å²) in [6, 6.07) is 13.1. The lowest BCUT2D eigenvalue weighted by molar-refractivity contribution is -0.640. The van der Waals surface area contributed by atoms with Crippen LogP contribution in [0.5, 0.6) is 11.6 Å². The summed E-state index contributed by atoms with van der Waals surface area (Å²) in [4.78, 5) is 20.6. The molecule has 0 bridgehead atoms. The van der Waals surface area contributed by atoms with Crippen molar-refractivity contribution in [1.82, 2.24) is 4.90 Å². The molecule has 0 radical (unpaired) electrons. The minimum atomic E-state index is -0.0793. The van der Waals surface area contributed by atoms with Gasteiger partial charge in [0.05, 0.1) is 38.8 Å². The highest BCUT2D eigenvalue weighted by molar-refractivity contribution is 5.82. The zero-order valence-corrected chi connectivity index (χ0v) is 23.2. The number of amides is 1. The van der Waals surface area contributed by atoms with E-state index in [-0.39, 0.29) is 11.3 Å². The van der Waals surface area contributed by atoms with E-state index in [2.05, 4.69) is 51.6 Å². The van der Waals surface area contributed by atoms with Crippen LogP contribution >= 0.6 is 0 Å². The van der Waals surface area contributed by atoms with Crippen molar-refractivity contribution in [2.45, 2.75) is 81.6 Å². The maximum Gasteiger partial charge on any atom is 0.366 e. The summed E-state index contributed by atoms with van der Waals surface area (Å²) in [5, 5.41) is 2.40. The van der Waals surface area contributed by atoms with Crippen molar-refractivity contribution in [1.29, 1.82) is 0 Å². The molecule has 2 aromatic rings. The van der Waals surface area contributed by atoms with Gasteiger partial charge in [-0.05, 0) is 68.1 Å². The fourth-order valence-corrected chi connectivity index (χ4v) is 8.53. The Balaban J connectivity index is 1.30. The average Bonchev–Trinajstić information content (AvgIpc) is 3.40. The molecule has 0 unspecified atom stereocenters. The molecule has 38 heavy (non-hydrogen) atoms. The third-order valence-corrected chi connectivity index (χ3v) is 10.4. The molecule has 2 saturated heterocycles. The minimum absolute atomic E-state index is 0.0391. The average molecular weight is 520 g/mol. The van der Waals surface area contributed by atoms with E-state index >= 15 is 0 Å². The summed E-state index contributed by atoms with van der Waals surface area (Å²) in [6.45, 7) is 2.76. The van der Waals surface area contributed by atoms with E-state index in [0.717, 1.165) is 63.4 Å². The molecule has 1 saturated carbocycles. The van der Waals surface area contributed by atoms with Gasteiger partial charge in [0.15, 0.2) is 5.69 Å². The number of carbonyl (C=O) groups is 1. The zero-order chi connectivity index (χ0) is 26.1. The summed E-state index contributed by atoms with van der Waals surface area (Å²) < 4.78 is 11.3. The van der Waals surface area contributed by atoms with Gasteiger partial charge in [0, 0.05) is 24.6 Å². The number of quaternary nitrogens is 1. The summed E-state index contributed by atoms with van der Waals surface area (Å²) in [5.74, 6) is 3.32. The van der Waals surface area contributed by atoms with Crippen LogP contribution in [0.4, 0.5) is 0 Å². The van der Waals surface area contributed by atoms with Crippen LogP contribution in [0.15, 0.2) is 36.4 Å². The number of benzene rings is 1. The van der Waals surface area contributed by atoms with Gasteiger partial charge in [0.2, 0.25) is 5.91 Å². The number of H-pyrrole nitrogens is 1. The maximum atomic E-state index is 14.7. The molecule has 6 nitrogen and oxygen atoms in total. The molecule has 6 rings (SSSR count). The second-order valence-corrected chi connectivity index (χ2v) is 12.2. The van der Waals surface area contributed by atoms with E-state index < -0.39 is 0 Å². The van der Waals surface area contributed by atoms with E-state index in [1.807, 2.05) is 0 Å². The van der Waals surface area contributed by atoms with Crippen molar-refractivity contribution < 1.29 is 24.6 Å².